The molecule has 0 saturated carbocycles. The Labute approximate surface area is 166 Å². The summed E-state index contributed by atoms with van der Waals surface area (Å²) in [6.07, 6.45) is 1.80. The van der Waals surface area contributed by atoms with E-state index in [4.69, 9.17) is 0 Å². The number of aromatic nitrogens is 4. The summed E-state index contributed by atoms with van der Waals surface area (Å²) in [4.78, 5) is 46.5. The van der Waals surface area contributed by atoms with E-state index in [1.165, 1.54) is 0 Å². The molecule has 2 N–H and O–H groups in total. The van der Waals surface area contributed by atoms with E-state index < -0.39 is 12.0 Å². The second-order valence-corrected chi connectivity index (χ2v) is 7.17. The van der Waals surface area contributed by atoms with Crippen LogP contribution < -0.4 is 10.9 Å². The van der Waals surface area contributed by atoms with Crippen molar-refractivity contribution in [3.05, 3.63) is 52.1 Å². The first kappa shape index (κ1) is 18.9. The highest BCUT2D eigenvalue weighted by Crippen LogP contribution is 2.39. The van der Waals surface area contributed by atoms with Crippen molar-refractivity contribution in [3.63, 3.8) is 0 Å². The first-order valence-electron chi connectivity index (χ1n) is 9.48. The average molecular weight is 394 g/mol. The monoisotopic (exact) mass is 394 g/mol. The number of nitrogens with zero attached hydrogens (tertiary/aromatic N) is 4. The van der Waals surface area contributed by atoms with E-state index >= 15 is 0 Å². The maximum Gasteiger partial charge on any atom is 0.260 e. The third-order valence-electron chi connectivity index (χ3n) is 5.56. The zero-order chi connectivity index (χ0) is 20.7. The van der Waals surface area contributed by atoms with Gasteiger partial charge in [0.15, 0.2) is 0 Å². The maximum atomic E-state index is 13.1. The highest BCUT2D eigenvalue weighted by molar-refractivity contribution is 5.97. The number of amides is 2. The number of fused-ring (bicyclic) bond motifs is 1. The summed E-state index contributed by atoms with van der Waals surface area (Å²) in [5, 5.41) is 7.41. The van der Waals surface area contributed by atoms with E-state index in [1.54, 1.807) is 40.0 Å². The smallest absolute Gasteiger partial charge is 0.260 e. The topological polar surface area (TPSA) is 113 Å². The lowest BCUT2D eigenvalue weighted by atomic mass is 9.93. The molecule has 4 rings (SSSR count). The van der Waals surface area contributed by atoms with Crippen molar-refractivity contribution in [1.29, 1.82) is 0 Å². The number of benzene rings is 1. The summed E-state index contributed by atoms with van der Waals surface area (Å²) in [6, 6.07) is 6.49. The number of aryl methyl sites for hydroxylation is 1. The zero-order valence-corrected chi connectivity index (χ0v) is 16.5. The van der Waals surface area contributed by atoms with Gasteiger partial charge in [0.2, 0.25) is 17.8 Å². The van der Waals surface area contributed by atoms with Crippen LogP contribution in [0.5, 0.6) is 0 Å². The first-order chi connectivity index (χ1) is 13.9. The lowest BCUT2D eigenvalue weighted by molar-refractivity contribution is -0.129. The fraction of sp³-hybridized carbons (Fsp3) is 0.350. The molecule has 2 aromatic heterocycles. The molecule has 1 fully saturated rings. The third-order valence-corrected chi connectivity index (χ3v) is 5.56. The van der Waals surface area contributed by atoms with E-state index in [9.17, 15) is 14.4 Å². The Morgan fingerprint density at radius 2 is 2.07 bits per heavy atom. The summed E-state index contributed by atoms with van der Waals surface area (Å²) < 4.78 is 1.73. The van der Waals surface area contributed by atoms with Gasteiger partial charge in [-0.1, -0.05) is 12.1 Å². The Hall–Kier alpha value is -3.49. The summed E-state index contributed by atoms with van der Waals surface area (Å²) in [5.41, 5.74) is 1.91. The van der Waals surface area contributed by atoms with Crippen LogP contribution in [-0.2, 0) is 16.6 Å². The second kappa shape index (κ2) is 7.16. The predicted molar refractivity (Wildman–Crippen MR) is 107 cm³/mol. The quantitative estimate of drug-likeness (QED) is 0.696. The standard InChI is InChI=1S/C20H22N6O3/c1-4-26-16(27)9-13(17(26)14-10-21-25(3)11(14)2)19(29)24-20-22-15-8-6-5-7-12(15)18(28)23-20/h5-8,10,13,17H,4,9H2,1-3H3,(H2,22,23,24,28,29)/t13-,17-/m0/s1. The van der Waals surface area contributed by atoms with E-state index in [2.05, 4.69) is 20.4 Å². The molecule has 9 heteroatoms. The molecule has 0 unspecified atom stereocenters. The minimum atomic E-state index is -0.609. The van der Waals surface area contributed by atoms with Crippen molar-refractivity contribution >= 4 is 28.7 Å². The largest absolute Gasteiger partial charge is 0.335 e. The normalized spacial score (nSPS) is 19.1. The Morgan fingerprint density at radius 3 is 2.76 bits per heavy atom. The number of hydrogen-bond donors (Lipinski definition) is 2. The molecule has 0 spiro atoms. The van der Waals surface area contributed by atoms with Crippen LogP contribution in [0.15, 0.2) is 35.3 Å². The number of hydrogen-bond acceptors (Lipinski definition) is 5. The van der Waals surface area contributed by atoms with Gasteiger partial charge in [-0.15, -0.1) is 0 Å². The summed E-state index contributed by atoms with van der Waals surface area (Å²) in [5.74, 6) is -0.980. The molecule has 2 atom stereocenters. The lowest BCUT2D eigenvalue weighted by Crippen LogP contribution is -2.33. The molecule has 3 heterocycles. The minimum absolute atomic E-state index is 0.0720. The van der Waals surface area contributed by atoms with Crippen molar-refractivity contribution in [3.8, 4) is 0 Å². The highest BCUT2D eigenvalue weighted by Gasteiger charge is 2.45. The number of anilines is 1. The number of carbonyl (C=O) groups excluding carboxylic acids is 2. The van der Waals surface area contributed by atoms with Crippen LogP contribution in [0.1, 0.15) is 30.6 Å². The zero-order valence-electron chi connectivity index (χ0n) is 16.5. The van der Waals surface area contributed by atoms with Crippen LogP contribution in [0.2, 0.25) is 0 Å². The molecule has 29 heavy (non-hydrogen) atoms. The van der Waals surface area contributed by atoms with Crippen molar-refractivity contribution in [2.45, 2.75) is 26.3 Å². The van der Waals surface area contributed by atoms with Gasteiger partial charge in [0.1, 0.15) is 0 Å². The molecule has 1 saturated heterocycles. The van der Waals surface area contributed by atoms with E-state index in [0.717, 1.165) is 11.3 Å². The fourth-order valence-corrected chi connectivity index (χ4v) is 3.94. The van der Waals surface area contributed by atoms with E-state index in [0.29, 0.717) is 17.4 Å². The maximum absolute atomic E-state index is 13.1. The molecule has 3 aromatic rings. The Kier molecular flexibility index (Phi) is 4.65. The molecule has 0 radical (unpaired) electrons. The lowest BCUT2D eigenvalue weighted by Gasteiger charge is -2.26. The van der Waals surface area contributed by atoms with Crippen LogP contribution in [-0.4, -0.2) is 43.0 Å². The Balaban J connectivity index is 1.67. The van der Waals surface area contributed by atoms with Crippen molar-refractivity contribution in [2.24, 2.45) is 13.0 Å². The van der Waals surface area contributed by atoms with E-state index in [1.807, 2.05) is 20.9 Å². The fourth-order valence-electron chi connectivity index (χ4n) is 3.94. The summed E-state index contributed by atoms with van der Waals surface area (Å²) in [7, 11) is 1.82. The Bertz CT molecular complexity index is 1160. The van der Waals surface area contributed by atoms with Crippen LogP contribution in [0.3, 0.4) is 0 Å². The minimum Gasteiger partial charge on any atom is -0.335 e. The van der Waals surface area contributed by atoms with Gasteiger partial charge in [-0.2, -0.15) is 5.10 Å². The molecule has 0 aliphatic carbocycles. The number of likely N-dealkylation sites (tertiary alicyclic amines) is 1. The molecule has 150 valence electrons. The summed E-state index contributed by atoms with van der Waals surface area (Å²) in [6.45, 7) is 4.29. The van der Waals surface area contributed by atoms with Gasteiger partial charge in [-0.05, 0) is 26.0 Å². The SMILES string of the molecule is CCN1C(=O)C[C@H](C(=O)Nc2nc3ccccc3c(=O)[nH]2)[C@H]1c1cnn(C)c1C. The number of H-pyrrole nitrogens is 1. The van der Waals surface area contributed by atoms with Crippen LogP contribution in [0.25, 0.3) is 10.9 Å². The molecule has 1 aliphatic heterocycles. The number of aromatic amines is 1. The highest BCUT2D eigenvalue weighted by atomic mass is 16.2. The van der Waals surface area contributed by atoms with Crippen LogP contribution >= 0.6 is 0 Å². The number of rotatable bonds is 4. The molecule has 1 aliphatic rings. The van der Waals surface area contributed by atoms with Gasteiger partial charge in [0, 0.05) is 31.3 Å². The van der Waals surface area contributed by atoms with E-state index in [-0.39, 0.29) is 29.7 Å². The van der Waals surface area contributed by atoms with Gasteiger partial charge in [-0.25, -0.2) is 4.98 Å². The van der Waals surface area contributed by atoms with Gasteiger partial charge >= 0.3 is 0 Å². The van der Waals surface area contributed by atoms with Crippen molar-refractivity contribution in [1.82, 2.24) is 24.6 Å². The number of nitrogens with one attached hydrogen (secondary N) is 2. The number of carbonyl (C=O) groups is 2. The van der Waals surface area contributed by atoms with Crippen LogP contribution in [0.4, 0.5) is 5.95 Å². The third kappa shape index (κ3) is 3.18. The van der Waals surface area contributed by atoms with Gasteiger partial charge in [0.05, 0.1) is 29.1 Å². The predicted octanol–water partition coefficient (Wildman–Crippen LogP) is 1.51. The van der Waals surface area contributed by atoms with Gasteiger partial charge in [0.25, 0.3) is 5.56 Å². The first-order valence-corrected chi connectivity index (χ1v) is 9.48. The molecule has 0 bridgehead atoms. The van der Waals surface area contributed by atoms with Crippen molar-refractivity contribution in [2.75, 3.05) is 11.9 Å². The molecule has 2 amide bonds. The summed E-state index contributed by atoms with van der Waals surface area (Å²) >= 11 is 0. The molecular weight excluding hydrogens is 372 g/mol. The van der Waals surface area contributed by atoms with Gasteiger partial charge < -0.3 is 4.90 Å². The molecule has 1 aromatic carbocycles. The average Bonchev–Trinajstić information content (AvgIpc) is 3.20. The Morgan fingerprint density at radius 1 is 1.31 bits per heavy atom. The second-order valence-electron chi connectivity index (χ2n) is 7.17. The van der Waals surface area contributed by atoms with Crippen molar-refractivity contribution < 1.29 is 9.59 Å². The molecule has 9 nitrogen and oxygen atoms in total. The van der Waals surface area contributed by atoms with Gasteiger partial charge in [-0.3, -0.25) is 29.4 Å². The molecular formula is C20H22N6O3. The number of para-hydroxylation sites is 1. The van der Waals surface area contributed by atoms with Crippen LogP contribution in [0, 0.1) is 12.8 Å².